The third-order valence-electron chi connectivity index (χ3n) is 5.65. The van der Waals surface area contributed by atoms with Gasteiger partial charge >= 0.3 is 0 Å². The summed E-state index contributed by atoms with van der Waals surface area (Å²) in [6, 6.07) is 5.81. The molecule has 5 heteroatoms. The van der Waals surface area contributed by atoms with Crippen molar-refractivity contribution in [2.45, 2.75) is 38.7 Å². The highest BCUT2D eigenvalue weighted by Gasteiger charge is 2.26. The second-order valence-corrected chi connectivity index (χ2v) is 7.21. The van der Waals surface area contributed by atoms with E-state index in [-0.39, 0.29) is 6.10 Å². The number of aromatic nitrogens is 1. The van der Waals surface area contributed by atoms with Gasteiger partial charge in [-0.15, -0.1) is 0 Å². The van der Waals surface area contributed by atoms with Crippen molar-refractivity contribution < 1.29 is 14.6 Å². The molecule has 0 aliphatic carbocycles. The third-order valence-corrected chi connectivity index (χ3v) is 5.65. The van der Waals surface area contributed by atoms with E-state index in [1.54, 1.807) is 20.4 Å². The van der Waals surface area contributed by atoms with Gasteiger partial charge in [0.1, 0.15) is 17.0 Å². The van der Waals surface area contributed by atoms with E-state index in [9.17, 15) is 5.11 Å². The first kappa shape index (κ1) is 18.9. The largest absolute Gasteiger partial charge is 0.497 e. The summed E-state index contributed by atoms with van der Waals surface area (Å²) in [5.41, 5.74) is 1.90. The van der Waals surface area contributed by atoms with Crippen LogP contribution in [-0.4, -0.2) is 43.5 Å². The molecule has 2 aromatic rings. The molecule has 0 bridgehead atoms. The summed E-state index contributed by atoms with van der Waals surface area (Å²) in [7, 11) is 3.28. The maximum Gasteiger partial charge on any atom is 0.148 e. The summed E-state index contributed by atoms with van der Waals surface area (Å²) in [6.45, 7) is 4.37. The number of benzene rings is 1. The lowest BCUT2D eigenvalue weighted by molar-refractivity contribution is 0.109. The molecular weight excluding hydrogens is 328 g/mol. The molecule has 1 aliphatic heterocycles. The van der Waals surface area contributed by atoms with Crippen molar-refractivity contribution in [2.24, 2.45) is 11.8 Å². The first-order chi connectivity index (χ1) is 12.7. The van der Waals surface area contributed by atoms with Crippen LogP contribution in [0.4, 0.5) is 0 Å². The van der Waals surface area contributed by atoms with Crippen LogP contribution in [0.15, 0.2) is 24.4 Å². The molecule has 3 atom stereocenters. The van der Waals surface area contributed by atoms with Crippen molar-refractivity contribution in [1.29, 1.82) is 0 Å². The van der Waals surface area contributed by atoms with Crippen LogP contribution in [0.5, 0.6) is 11.5 Å². The molecule has 1 aromatic heterocycles. The van der Waals surface area contributed by atoms with Gasteiger partial charge in [0.15, 0.2) is 0 Å². The van der Waals surface area contributed by atoms with Crippen LogP contribution in [-0.2, 0) is 6.42 Å². The Morgan fingerprint density at radius 2 is 2.12 bits per heavy atom. The van der Waals surface area contributed by atoms with Gasteiger partial charge in [-0.3, -0.25) is 4.98 Å². The molecule has 0 radical (unpaired) electrons. The normalized spacial score (nSPS) is 21.5. The second kappa shape index (κ2) is 8.69. The standard InChI is InChI=1S/C21H30N2O3/c1-4-14-13-22-7-5-15(14)9-17(24)10-16-6-8-23-21-19(16)11-18(25-2)12-20(21)26-3/h6,8,11-12,14-15,17,22,24H,4-5,7,9-10,13H2,1-3H3. The molecule has 0 amide bonds. The Labute approximate surface area is 155 Å². The topological polar surface area (TPSA) is 63.6 Å². The summed E-state index contributed by atoms with van der Waals surface area (Å²) >= 11 is 0. The van der Waals surface area contributed by atoms with Crippen molar-refractivity contribution in [3.63, 3.8) is 0 Å². The van der Waals surface area contributed by atoms with Gasteiger partial charge in [-0.25, -0.2) is 0 Å². The minimum absolute atomic E-state index is 0.352. The summed E-state index contributed by atoms with van der Waals surface area (Å²) in [4.78, 5) is 4.47. The number of hydrogen-bond donors (Lipinski definition) is 2. The maximum absolute atomic E-state index is 10.8. The SMILES string of the molecule is CCC1CNCCC1CC(O)Cc1ccnc2c(OC)cc(OC)cc12. The van der Waals surface area contributed by atoms with Gasteiger partial charge in [0.2, 0.25) is 0 Å². The number of aliphatic hydroxyl groups excluding tert-OH is 1. The molecule has 3 rings (SSSR count). The third kappa shape index (κ3) is 4.10. The number of aliphatic hydroxyl groups is 1. The lowest BCUT2D eigenvalue weighted by Gasteiger charge is -2.33. The Hall–Kier alpha value is -1.85. The van der Waals surface area contributed by atoms with Crippen LogP contribution in [0.1, 0.15) is 31.7 Å². The molecular formula is C21H30N2O3. The van der Waals surface area contributed by atoms with Crippen molar-refractivity contribution in [3.8, 4) is 11.5 Å². The van der Waals surface area contributed by atoms with Crippen LogP contribution < -0.4 is 14.8 Å². The quantitative estimate of drug-likeness (QED) is 0.796. The molecule has 2 heterocycles. The fraction of sp³-hybridized carbons (Fsp3) is 0.571. The van der Waals surface area contributed by atoms with Crippen molar-refractivity contribution in [1.82, 2.24) is 10.3 Å². The number of nitrogens with zero attached hydrogens (tertiary/aromatic N) is 1. The Kier molecular flexibility index (Phi) is 6.33. The maximum atomic E-state index is 10.8. The number of fused-ring (bicyclic) bond motifs is 1. The van der Waals surface area contributed by atoms with Crippen LogP contribution in [0.2, 0.25) is 0 Å². The van der Waals surface area contributed by atoms with E-state index < -0.39 is 0 Å². The van der Waals surface area contributed by atoms with Gasteiger partial charge in [0, 0.05) is 17.6 Å². The number of pyridine rings is 1. The molecule has 0 saturated carbocycles. The minimum atomic E-state index is -0.352. The Morgan fingerprint density at radius 1 is 1.27 bits per heavy atom. The molecule has 1 aromatic carbocycles. The smallest absolute Gasteiger partial charge is 0.148 e. The predicted molar refractivity (Wildman–Crippen MR) is 104 cm³/mol. The van der Waals surface area contributed by atoms with Crippen LogP contribution in [0.3, 0.4) is 0 Å². The summed E-state index contributed by atoms with van der Waals surface area (Å²) < 4.78 is 10.9. The summed E-state index contributed by atoms with van der Waals surface area (Å²) in [5, 5.41) is 15.2. The molecule has 1 saturated heterocycles. The highest BCUT2D eigenvalue weighted by molar-refractivity contribution is 5.89. The zero-order valence-electron chi connectivity index (χ0n) is 16.0. The molecule has 1 fully saturated rings. The van der Waals surface area contributed by atoms with Crippen LogP contribution >= 0.6 is 0 Å². The van der Waals surface area contributed by atoms with Gasteiger partial charge in [-0.05, 0) is 61.9 Å². The van der Waals surface area contributed by atoms with E-state index >= 15 is 0 Å². The highest BCUT2D eigenvalue weighted by atomic mass is 16.5. The van der Waals surface area contributed by atoms with E-state index in [0.717, 1.165) is 54.6 Å². The van der Waals surface area contributed by atoms with E-state index in [2.05, 4.69) is 17.2 Å². The van der Waals surface area contributed by atoms with E-state index in [1.807, 2.05) is 18.2 Å². The molecule has 3 unspecified atom stereocenters. The Morgan fingerprint density at radius 3 is 2.85 bits per heavy atom. The van der Waals surface area contributed by atoms with Crippen molar-refractivity contribution in [2.75, 3.05) is 27.3 Å². The first-order valence-corrected chi connectivity index (χ1v) is 9.54. The monoisotopic (exact) mass is 358 g/mol. The minimum Gasteiger partial charge on any atom is -0.497 e. The number of piperidine rings is 1. The Bertz CT molecular complexity index is 735. The molecule has 142 valence electrons. The zero-order chi connectivity index (χ0) is 18.5. The Balaban J connectivity index is 1.81. The molecule has 0 spiro atoms. The van der Waals surface area contributed by atoms with Gasteiger partial charge < -0.3 is 19.9 Å². The number of rotatable bonds is 7. The first-order valence-electron chi connectivity index (χ1n) is 9.54. The van der Waals surface area contributed by atoms with Crippen LogP contribution in [0, 0.1) is 11.8 Å². The summed E-state index contributed by atoms with van der Waals surface area (Å²) in [5.74, 6) is 2.68. The van der Waals surface area contributed by atoms with E-state index in [0.29, 0.717) is 24.0 Å². The second-order valence-electron chi connectivity index (χ2n) is 7.21. The summed E-state index contributed by atoms with van der Waals surface area (Å²) in [6.07, 6.45) is 5.22. The fourth-order valence-electron chi connectivity index (χ4n) is 4.16. The number of hydrogen-bond acceptors (Lipinski definition) is 5. The predicted octanol–water partition coefficient (Wildman–Crippen LogP) is 3.18. The van der Waals surface area contributed by atoms with E-state index in [4.69, 9.17) is 9.47 Å². The molecule has 1 aliphatic rings. The number of nitrogens with one attached hydrogen (secondary N) is 1. The van der Waals surface area contributed by atoms with Gasteiger partial charge in [-0.2, -0.15) is 0 Å². The molecule has 5 nitrogen and oxygen atoms in total. The number of ether oxygens (including phenoxy) is 2. The van der Waals surface area contributed by atoms with Crippen LogP contribution in [0.25, 0.3) is 10.9 Å². The number of methoxy groups -OCH3 is 2. The fourth-order valence-corrected chi connectivity index (χ4v) is 4.16. The average Bonchev–Trinajstić information content (AvgIpc) is 2.67. The zero-order valence-corrected chi connectivity index (χ0v) is 16.0. The van der Waals surface area contributed by atoms with Crippen molar-refractivity contribution in [3.05, 3.63) is 30.0 Å². The van der Waals surface area contributed by atoms with Gasteiger partial charge in [0.25, 0.3) is 0 Å². The van der Waals surface area contributed by atoms with Crippen molar-refractivity contribution >= 4 is 10.9 Å². The van der Waals surface area contributed by atoms with Gasteiger partial charge in [0.05, 0.1) is 20.3 Å². The molecule has 2 N–H and O–H groups in total. The average molecular weight is 358 g/mol. The molecule has 26 heavy (non-hydrogen) atoms. The lowest BCUT2D eigenvalue weighted by atomic mass is 9.80. The lowest BCUT2D eigenvalue weighted by Crippen LogP contribution is -2.38. The van der Waals surface area contributed by atoms with Gasteiger partial charge in [-0.1, -0.05) is 13.3 Å². The van der Waals surface area contributed by atoms with E-state index in [1.165, 1.54) is 0 Å². The highest BCUT2D eigenvalue weighted by Crippen LogP contribution is 2.33.